The standard InChI is InChI=1S/C12H11F2NOS/c13-7-1-2-10(11(14)3-7)12(16)15-5-9-4-8(15)6-17-9/h1-3,8-9H,4-6H2. The predicted molar refractivity (Wildman–Crippen MR) is 62.0 cm³/mol. The summed E-state index contributed by atoms with van der Waals surface area (Å²) >= 11 is 1.87. The molecule has 3 rings (SSSR count). The average molecular weight is 255 g/mol. The van der Waals surface area contributed by atoms with E-state index in [1.165, 1.54) is 6.07 Å². The number of likely N-dealkylation sites (tertiary alicyclic amines) is 1. The number of amides is 1. The minimum Gasteiger partial charge on any atom is -0.334 e. The summed E-state index contributed by atoms with van der Waals surface area (Å²) in [6, 6.07) is 3.34. The summed E-state index contributed by atoms with van der Waals surface area (Å²) in [4.78, 5) is 13.8. The van der Waals surface area contributed by atoms with Gasteiger partial charge in [0.25, 0.3) is 5.91 Å². The highest BCUT2D eigenvalue weighted by atomic mass is 32.2. The molecule has 2 heterocycles. The van der Waals surface area contributed by atoms with Crippen molar-refractivity contribution in [3.8, 4) is 0 Å². The zero-order valence-corrected chi connectivity index (χ0v) is 9.84. The van der Waals surface area contributed by atoms with E-state index in [1.807, 2.05) is 11.8 Å². The molecule has 1 aromatic carbocycles. The second kappa shape index (κ2) is 3.98. The van der Waals surface area contributed by atoms with Crippen LogP contribution in [-0.4, -0.2) is 34.4 Å². The molecule has 0 aliphatic carbocycles. The van der Waals surface area contributed by atoms with Gasteiger partial charge >= 0.3 is 0 Å². The molecule has 2 atom stereocenters. The van der Waals surface area contributed by atoms with Crippen molar-refractivity contribution in [3.05, 3.63) is 35.4 Å². The Hall–Kier alpha value is -1.10. The highest BCUT2D eigenvalue weighted by Gasteiger charge is 2.41. The number of halogens is 2. The van der Waals surface area contributed by atoms with E-state index in [-0.39, 0.29) is 17.5 Å². The Morgan fingerprint density at radius 1 is 1.41 bits per heavy atom. The van der Waals surface area contributed by atoms with Gasteiger partial charge in [-0.3, -0.25) is 4.79 Å². The number of rotatable bonds is 1. The first-order valence-corrected chi connectivity index (χ1v) is 6.57. The van der Waals surface area contributed by atoms with Gasteiger partial charge < -0.3 is 4.90 Å². The van der Waals surface area contributed by atoms with Gasteiger partial charge in [0.2, 0.25) is 0 Å². The monoisotopic (exact) mass is 255 g/mol. The van der Waals surface area contributed by atoms with Gasteiger partial charge in [0.05, 0.1) is 5.56 Å². The van der Waals surface area contributed by atoms with Crippen LogP contribution in [-0.2, 0) is 0 Å². The fourth-order valence-electron chi connectivity index (χ4n) is 2.47. The Morgan fingerprint density at radius 3 is 2.82 bits per heavy atom. The number of carbonyl (C=O) groups is 1. The Labute approximate surface area is 102 Å². The first-order valence-electron chi connectivity index (χ1n) is 5.53. The van der Waals surface area contributed by atoms with Gasteiger partial charge in [-0.15, -0.1) is 0 Å². The maximum absolute atomic E-state index is 13.5. The molecule has 1 amide bonds. The molecule has 5 heteroatoms. The highest BCUT2D eigenvalue weighted by Crippen LogP contribution is 2.38. The van der Waals surface area contributed by atoms with Crippen molar-refractivity contribution in [2.75, 3.05) is 12.3 Å². The van der Waals surface area contributed by atoms with Crippen LogP contribution in [0, 0.1) is 11.6 Å². The third-order valence-electron chi connectivity index (χ3n) is 3.32. The van der Waals surface area contributed by atoms with Crippen molar-refractivity contribution in [1.82, 2.24) is 4.90 Å². The summed E-state index contributed by atoms with van der Waals surface area (Å²) in [7, 11) is 0. The topological polar surface area (TPSA) is 20.3 Å². The van der Waals surface area contributed by atoms with Crippen LogP contribution in [0.1, 0.15) is 16.8 Å². The summed E-state index contributed by atoms with van der Waals surface area (Å²) in [5.74, 6) is -0.808. The molecule has 0 N–H and O–H groups in total. The van der Waals surface area contributed by atoms with Crippen LogP contribution in [0.3, 0.4) is 0 Å². The van der Waals surface area contributed by atoms with E-state index >= 15 is 0 Å². The van der Waals surface area contributed by atoms with Crippen molar-refractivity contribution >= 4 is 17.7 Å². The Kier molecular flexibility index (Phi) is 2.58. The van der Waals surface area contributed by atoms with Gasteiger partial charge in [0, 0.05) is 29.7 Å². The zero-order valence-electron chi connectivity index (χ0n) is 9.03. The lowest BCUT2D eigenvalue weighted by Crippen LogP contribution is -2.39. The second-order valence-corrected chi connectivity index (χ2v) is 5.76. The number of carbonyl (C=O) groups excluding carboxylic acids is 1. The van der Waals surface area contributed by atoms with E-state index in [0.717, 1.165) is 24.3 Å². The summed E-state index contributed by atoms with van der Waals surface area (Å²) < 4.78 is 26.3. The normalized spacial score (nSPS) is 26.6. The van der Waals surface area contributed by atoms with E-state index in [1.54, 1.807) is 4.90 Å². The van der Waals surface area contributed by atoms with Gasteiger partial charge in [-0.05, 0) is 18.6 Å². The quantitative estimate of drug-likeness (QED) is 0.767. The maximum Gasteiger partial charge on any atom is 0.257 e. The fraction of sp³-hybridized carbons (Fsp3) is 0.417. The van der Waals surface area contributed by atoms with E-state index in [0.29, 0.717) is 11.8 Å². The largest absolute Gasteiger partial charge is 0.334 e. The van der Waals surface area contributed by atoms with Crippen LogP contribution in [0.15, 0.2) is 18.2 Å². The third-order valence-corrected chi connectivity index (χ3v) is 4.71. The molecule has 2 nitrogen and oxygen atoms in total. The van der Waals surface area contributed by atoms with Crippen LogP contribution in [0.2, 0.25) is 0 Å². The summed E-state index contributed by atoms with van der Waals surface area (Å²) in [6.07, 6.45) is 0.999. The van der Waals surface area contributed by atoms with Crippen molar-refractivity contribution in [2.24, 2.45) is 0 Å². The van der Waals surface area contributed by atoms with Crippen molar-refractivity contribution in [1.29, 1.82) is 0 Å². The van der Waals surface area contributed by atoms with Crippen LogP contribution in [0.5, 0.6) is 0 Å². The lowest BCUT2D eigenvalue weighted by molar-refractivity contribution is 0.0743. The molecule has 2 aliphatic rings. The molecule has 2 saturated heterocycles. The molecule has 0 aromatic heterocycles. The molecule has 1 aromatic rings. The molecular weight excluding hydrogens is 244 g/mol. The molecule has 2 aliphatic heterocycles. The molecule has 17 heavy (non-hydrogen) atoms. The van der Waals surface area contributed by atoms with Crippen molar-refractivity contribution in [2.45, 2.75) is 17.7 Å². The average Bonchev–Trinajstić information content (AvgIpc) is 2.89. The molecule has 2 bridgehead atoms. The highest BCUT2D eigenvalue weighted by molar-refractivity contribution is 8.00. The van der Waals surface area contributed by atoms with Crippen LogP contribution in [0.25, 0.3) is 0 Å². The molecule has 90 valence electrons. The number of hydrogen-bond acceptors (Lipinski definition) is 2. The molecule has 0 saturated carbocycles. The third kappa shape index (κ3) is 1.82. The molecule has 2 unspecified atom stereocenters. The van der Waals surface area contributed by atoms with E-state index in [2.05, 4.69) is 0 Å². The van der Waals surface area contributed by atoms with E-state index < -0.39 is 11.6 Å². The molecular formula is C12H11F2NOS. The van der Waals surface area contributed by atoms with Crippen molar-refractivity contribution in [3.63, 3.8) is 0 Å². The van der Waals surface area contributed by atoms with Gasteiger partial charge in [-0.1, -0.05) is 0 Å². The molecule has 2 fully saturated rings. The zero-order chi connectivity index (χ0) is 12.0. The van der Waals surface area contributed by atoms with Gasteiger partial charge in [0.1, 0.15) is 11.6 Å². The van der Waals surface area contributed by atoms with Gasteiger partial charge in [-0.25, -0.2) is 8.78 Å². The Bertz CT molecular complexity index is 480. The van der Waals surface area contributed by atoms with Crippen LogP contribution >= 0.6 is 11.8 Å². The summed E-state index contributed by atoms with van der Waals surface area (Å²) in [6.45, 7) is 0.685. The van der Waals surface area contributed by atoms with Crippen LogP contribution in [0.4, 0.5) is 8.78 Å². The summed E-state index contributed by atoms with van der Waals surface area (Å²) in [5, 5.41) is 0.493. The number of fused-ring (bicyclic) bond motifs is 2. The van der Waals surface area contributed by atoms with E-state index in [9.17, 15) is 13.6 Å². The molecule has 0 radical (unpaired) electrons. The lowest BCUT2D eigenvalue weighted by Gasteiger charge is -2.26. The lowest BCUT2D eigenvalue weighted by atomic mass is 10.1. The minimum absolute atomic E-state index is 0.0241. The second-order valence-electron chi connectivity index (χ2n) is 4.43. The minimum atomic E-state index is -0.773. The van der Waals surface area contributed by atoms with Crippen LogP contribution < -0.4 is 0 Å². The first-order chi connectivity index (χ1) is 8.15. The number of thioether (sulfide) groups is 1. The maximum atomic E-state index is 13.5. The first kappa shape index (κ1) is 11.0. The smallest absolute Gasteiger partial charge is 0.257 e. The van der Waals surface area contributed by atoms with Gasteiger partial charge in [-0.2, -0.15) is 11.8 Å². The Balaban J connectivity index is 1.87. The number of nitrogens with zero attached hydrogens (tertiary/aromatic N) is 1. The Morgan fingerprint density at radius 2 is 2.24 bits per heavy atom. The van der Waals surface area contributed by atoms with Crippen molar-refractivity contribution < 1.29 is 13.6 Å². The number of hydrogen-bond donors (Lipinski definition) is 0. The van der Waals surface area contributed by atoms with Gasteiger partial charge in [0.15, 0.2) is 0 Å². The summed E-state index contributed by atoms with van der Waals surface area (Å²) in [5.41, 5.74) is -0.0241. The predicted octanol–water partition coefficient (Wildman–Crippen LogP) is 2.29. The fourth-order valence-corrected chi connectivity index (χ4v) is 3.90. The SMILES string of the molecule is O=C(c1ccc(F)cc1F)N1CC2CC1CS2. The van der Waals surface area contributed by atoms with E-state index in [4.69, 9.17) is 0 Å². The number of benzene rings is 1. The molecule has 0 spiro atoms.